The highest BCUT2D eigenvalue weighted by molar-refractivity contribution is 7.20. The first-order valence-electron chi connectivity index (χ1n) is 7.67. The molecule has 3 heterocycles. The maximum absolute atomic E-state index is 12.8. The highest BCUT2D eigenvalue weighted by Crippen LogP contribution is 2.28. The quantitative estimate of drug-likeness (QED) is 0.579. The number of aromatic nitrogens is 4. The lowest BCUT2D eigenvalue weighted by molar-refractivity contribution is 0.103. The molecule has 1 aromatic carbocycles. The summed E-state index contributed by atoms with van der Waals surface area (Å²) in [6, 6.07) is 5.56. The third-order valence-corrected chi connectivity index (χ3v) is 5.29. The molecule has 2 N–H and O–H groups in total. The summed E-state index contributed by atoms with van der Waals surface area (Å²) in [6.07, 6.45) is 1.47. The van der Waals surface area contributed by atoms with Crippen LogP contribution in [0.4, 0.5) is 5.69 Å². The van der Waals surface area contributed by atoms with E-state index in [1.165, 1.54) is 22.2 Å². The SMILES string of the molecule is Cc1nc2c(NC(=O)c3sc4ncn(C)c(=O)c4c3C)cccc2[nH]1. The van der Waals surface area contributed by atoms with Crippen LogP contribution in [0.2, 0.25) is 0 Å². The summed E-state index contributed by atoms with van der Waals surface area (Å²) in [5.41, 5.74) is 2.70. The molecule has 0 spiro atoms. The van der Waals surface area contributed by atoms with Gasteiger partial charge in [-0.2, -0.15) is 0 Å². The predicted octanol–water partition coefficient (Wildman–Crippen LogP) is 2.74. The molecule has 0 atom stereocenters. The zero-order valence-electron chi connectivity index (χ0n) is 13.9. The molecule has 126 valence electrons. The van der Waals surface area contributed by atoms with E-state index in [1.807, 2.05) is 19.1 Å². The van der Waals surface area contributed by atoms with Gasteiger partial charge in [0.2, 0.25) is 0 Å². The van der Waals surface area contributed by atoms with Crippen molar-refractivity contribution in [1.82, 2.24) is 19.5 Å². The van der Waals surface area contributed by atoms with Gasteiger partial charge in [-0.1, -0.05) is 6.07 Å². The number of H-pyrrole nitrogens is 1. The zero-order chi connectivity index (χ0) is 17.7. The Morgan fingerprint density at radius 2 is 2.12 bits per heavy atom. The molecule has 0 unspecified atom stereocenters. The number of nitrogens with zero attached hydrogens (tertiary/aromatic N) is 3. The van der Waals surface area contributed by atoms with Crippen molar-refractivity contribution in [3.63, 3.8) is 0 Å². The first-order chi connectivity index (χ1) is 12.0. The largest absolute Gasteiger partial charge is 0.342 e. The Hall–Kier alpha value is -3.00. The number of hydrogen-bond acceptors (Lipinski definition) is 5. The molecule has 7 nitrogen and oxygen atoms in total. The number of carbonyl (C=O) groups is 1. The van der Waals surface area contributed by atoms with Crippen LogP contribution in [0, 0.1) is 13.8 Å². The first kappa shape index (κ1) is 15.5. The average molecular weight is 353 g/mol. The summed E-state index contributed by atoms with van der Waals surface area (Å²) in [4.78, 5) is 37.9. The minimum Gasteiger partial charge on any atom is -0.342 e. The van der Waals surface area contributed by atoms with E-state index in [0.717, 1.165) is 11.3 Å². The fourth-order valence-electron chi connectivity index (χ4n) is 2.86. The van der Waals surface area contributed by atoms with E-state index in [0.29, 0.717) is 31.9 Å². The summed E-state index contributed by atoms with van der Waals surface area (Å²) >= 11 is 1.22. The minimum absolute atomic E-state index is 0.150. The molecule has 0 fully saturated rings. The van der Waals surface area contributed by atoms with Crippen molar-refractivity contribution in [3.8, 4) is 0 Å². The highest BCUT2D eigenvalue weighted by atomic mass is 32.1. The van der Waals surface area contributed by atoms with Crippen LogP contribution in [0.25, 0.3) is 21.3 Å². The molecule has 4 rings (SSSR count). The van der Waals surface area contributed by atoms with Gasteiger partial charge in [0.25, 0.3) is 11.5 Å². The van der Waals surface area contributed by atoms with Crippen molar-refractivity contribution >= 4 is 44.2 Å². The number of rotatable bonds is 2. The van der Waals surface area contributed by atoms with Crippen LogP contribution in [0.1, 0.15) is 21.1 Å². The lowest BCUT2D eigenvalue weighted by Crippen LogP contribution is -2.17. The average Bonchev–Trinajstić information content (AvgIpc) is 3.11. The number of hydrogen-bond donors (Lipinski definition) is 2. The van der Waals surface area contributed by atoms with Gasteiger partial charge >= 0.3 is 0 Å². The molecule has 8 heteroatoms. The second-order valence-corrected chi connectivity index (χ2v) is 6.87. The van der Waals surface area contributed by atoms with Gasteiger partial charge in [-0.15, -0.1) is 11.3 Å². The number of carbonyl (C=O) groups excluding carboxylic acids is 1. The lowest BCUT2D eigenvalue weighted by atomic mass is 10.2. The molecule has 0 radical (unpaired) electrons. The number of para-hydroxylation sites is 1. The van der Waals surface area contributed by atoms with Crippen LogP contribution in [0.3, 0.4) is 0 Å². The number of aryl methyl sites for hydroxylation is 3. The number of imidazole rings is 1. The number of thiophene rings is 1. The Labute approximate surface area is 146 Å². The number of nitrogens with one attached hydrogen (secondary N) is 2. The molecular weight excluding hydrogens is 338 g/mol. The van der Waals surface area contributed by atoms with Crippen LogP contribution in [0.5, 0.6) is 0 Å². The van der Waals surface area contributed by atoms with Gasteiger partial charge in [-0.3, -0.25) is 9.59 Å². The van der Waals surface area contributed by atoms with Crippen LogP contribution >= 0.6 is 11.3 Å². The Morgan fingerprint density at radius 3 is 2.92 bits per heavy atom. The summed E-state index contributed by atoms with van der Waals surface area (Å²) in [7, 11) is 1.65. The summed E-state index contributed by atoms with van der Waals surface area (Å²) in [5.74, 6) is 0.512. The first-order valence-corrected chi connectivity index (χ1v) is 8.49. The molecule has 0 bridgehead atoms. The molecule has 1 amide bonds. The van der Waals surface area contributed by atoms with Crippen LogP contribution in [-0.4, -0.2) is 25.4 Å². The maximum atomic E-state index is 12.8. The van der Waals surface area contributed by atoms with Crippen LogP contribution < -0.4 is 10.9 Å². The standard InChI is InChI=1S/C17H15N5O2S/c1-8-12-16(18-7-22(3)17(12)24)25-14(8)15(23)21-11-6-4-5-10-13(11)20-9(2)19-10/h4-7H,1-3H3,(H,19,20)(H,21,23). The van der Waals surface area contributed by atoms with E-state index in [-0.39, 0.29) is 11.5 Å². The van der Waals surface area contributed by atoms with Gasteiger partial charge in [0.1, 0.15) is 16.2 Å². The smallest absolute Gasteiger partial charge is 0.266 e. The van der Waals surface area contributed by atoms with E-state index >= 15 is 0 Å². The second kappa shape index (κ2) is 5.52. The lowest BCUT2D eigenvalue weighted by Gasteiger charge is -2.05. The zero-order valence-corrected chi connectivity index (χ0v) is 14.7. The maximum Gasteiger partial charge on any atom is 0.266 e. The van der Waals surface area contributed by atoms with Crippen molar-refractivity contribution in [1.29, 1.82) is 0 Å². The highest BCUT2D eigenvalue weighted by Gasteiger charge is 2.20. The summed E-state index contributed by atoms with van der Waals surface area (Å²) in [5, 5.41) is 3.40. The van der Waals surface area contributed by atoms with Gasteiger partial charge in [0.05, 0.1) is 27.8 Å². The van der Waals surface area contributed by atoms with Gasteiger partial charge in [0, 0.05) is 7.05 Å². The molecule has 0 saturated heterocycles. The number of amides is 1. The molecule has 0 aliphatic heterocycles. The molecule has 25 heavy (non-hydrogen) atoms. The second-order valence-electron chi connectivity index (χ2n) is 5.88. The third-order valence-electron chi connectivity index (χ3n) is 4.10. The third kappa shape index (κ3) is 2.42. The summed E-state index contributed by atoms with van der Waals surface area (Å²) in [6.45, 7) is 3.64. The molecule has 0 saturated carbocycles. The number of benzene rings is 1. The predicted molar refractivity (Wildman–Crippen MR) is 98.4 cm³/mol. The van der Waals surface area contributed by atoms with E-state index in [9.17, 15) is 9.59 Å². The van der Waals surface area contributed by atoms with E-state index in [1.54, 1.807) is 20.0 Å². The minimum atomic E-state index is -0.268. The van der Waals surface area contributed by atoms with Crippen molar-refractivity contribution in [3.05, 3.63) is 51.1 Å². The number of anilines is 1. The number of fused-ring (bicyclic) bond motifs is 2. The number of aromatic amines is 1. The summed E-state index contributed by atoms with van der Waals surface area (Å²) < 4.78 is 1.41. The van der Waals surface area contributed by atoms with Gasteiger partial charge in [0.15, 0.2) is 0 Å². The normalized spacial score (nSPS) is 11.3. The fourth-order valence-corrected chi connectivity index (χ4v) is 3.90. The molecule has 0 aliphatic carbocycles. The van der Waals surface area contributed by atoms with Crippen molar-refractivity contribution in [2.75, 3.05) is 5.32 Å². The molecule has 3 aromatic heterocycles. The Morgan fingerprint density at radius 1 is 1.32 bits per heavy atom. The fraction of sp³-hybridized carbons (Fsp3) is 0.176. The Bertz CT molecular complexity index is 1200. The van der Waals surface area contributed by atoms with Gasteiger partial charge in [-0.25, -0.2) is 9.97 Å². The van der Waals surface area contributed by atoms with Crippen molar-refractivity contribution in [2.45, 2.75) is 13.8 Å². The van der Waals surface area contributed by atoms with E-state index in [4.69, 9.17) is 0 Å². The van der Waals surface area contributed by atoms with E-state index in [2.05, 4.69) is 20.3 Å². The Kier molecular flexibility index (Phi) is 3.43. The van der Waals surface area contributed by atoms with Crippen molar-refractivity contribution < 1.29 is 4.79 Å². The van der Waals surface area contributed by atoms with Crippen molar-refractivity contribution in [2.24, 2.45) is 7.05 Å². The van der Waals surface area contributed by atoms with E-state index < -0.39 is 0 Å². The molecular formula is C17H15N5O2S. The Balaban J connectivity index is 1.79. The van der Waals surface area contributed by atoms with Gasteiger partial charge in [-0.05, 0) is 31.5 Å². The molecule has 4 aromatic rings. The molecule has 0 aliphatic rings. The topological polar surface area (TPSA) is 92.7 Å². The van der Waals surface area contributed by atoms with Crippen LogP contribution in [-0.2, 0) is 7.05 Å². The van der Waals surface area contributed by atoms with Crippen LogP contribution in [0.15, 0.2) is 29.3 Å². The van der Waals surface area contributed by atoms with Gasteiger partial charge < -0.3 is 14.9 Å². The monoisotopic (exact) mass is 353 g/mol.